The molecule has 0 aliphatic heterocycles. The smallest absolute Gasteiger partial charge is 0.316 e. The maximum Gasteiger partial charge on any atom is 0.462 e. The molecule has 104 valence electrons. The van der Waals surface area contributed by atoms with Crippen LogP contribution in [0.3, 0.4) is 0 Å². The van der Waals surface area contributed by atoms with Gasteiger partial charge in [0.1, 0.15) is 0 Å². The average molecular weight is 286 g/mol. The average Bonchev–Trinajstić information content (AvgIpc) is 1.98. The van der Waals surface area contributed by atoms with Gasteiger partial charge in [-0.1, -0.05) is 19.6 Å². The zero-order chi connectivity index (χ0) is 14.1. The first-order valence-electron chi connectivity index (χ1n) is 4.67. The summed E-state index contributed by atoms with van der Waals surface area (Å²) in [6.45, 7) is 4.41. The SMILES string of the molecule is C[Si](C)(C)CCOC(F)(F)C(F)(F)C(F)(F)F. The van der Waals surface area contributed by atoms with Crippen LogP contribution in [0.25, 0.3) is 0 Å². The molecular formula is C8H13F7OSi. The molecule has 0 heterocycles. The Balaban J connectivity index is 4.58. The minimum Gasteiger partial charge on any atom is -0.316 e. The van der Waals surface area contributed by atoms with E-state index in [0.717, 1.165) is 0 Å². The lowest BCUT2D eigenvalue weighted by molar-refractivity contribution is -0.423. The van der Waals surface area contributed by atoms with Crippen molar-refractivity contribution >= 4 is 8.07 Å². The fourth-order valence-corrected chi connectivity index (χ4v) is 1.46. The van der Waals surface area contributed by atoms with E-state index < -0.39 is 32.9 Å². The Kier molecular flexibility index (Phi) is 4.66. The van der Waals surface area contributed by atoms with E-state index in [4.69, 9.17) is 0 Å². The van der Waals surface area contributed by atoms with Crippen LogP contribution in [0.5, 0.6) is 0 Å². The molecule has 0 spiro atoms. The lowest BCUT2D eigenvalue weighted by Gasteiger charge is -2.28. The van der Waals surface area contributed by atoms with Crippen LogP contribution in [0.2, 0.25) is 25.7 Å². The first-order valence-corrected chi connectivity index (χ1v) is 8.38. The summed E-state index contributed by atoms with van der Waals surface area (Å²) in [6, 6.07) is 0.0660. The first-order chi connectivity index (χ1) is 7.21. The van der Waals surface area contributed by atoms with Crippen LogP contribution in [0.1, 0.15) is 0 Å². The Morgan fingerprint density at radius 3 is 1.59 bits per heavy atom. The molecule has 0 aromatic rings. The van der Waals surface area contributed by atoms with Crippen molar-refractivity contribution < 1.29 is 35.5 Å². The molecule has 0 aliphatic carbocycles. The minimum atomic E-state index is -6.34. The molecule has 0 rings (SSSR count). The highest BCUT2D eigenvalue weighted by Gasteiger charge is 2.74. The van der Waals surface area contributed by atoms with Crippen molar-refractivity contribution in [2.45, 2.75) is 43.9 Å². The van der Waals surface area contributed by atoms with Crippen LogP contribution >= 0.6 is 0 Å². The topological polar surface area (TPSA) is 9.23 Å². The maximum absolute atomic E-state index is 12.6. The fourth-order valence-electron chi connectivity index (χ4n) is 0.741. The Labute approximate surface area is 94.9 Å². The summed E-state index contributed by atoms with van der Waals surface area (Å²) < 4.78 is 88.4. The third-order valence-electron chi connectivity index (χ3n) is 1.86. The molecule has 0 radical (unpaired) electrons. The summed E-state index contributed by atoms with van der Waals surface area (Å²) in [4.78, 5) is 0. The Morgan fingerprint density at radius 2 is 1.29 bits per heavy atom. The van der Waals surface area contributed by atoms with E-state index in [1.807, 2.05) is 0 Å². The molecule has 0 unspecified atom stereocenters. The summed E-state index contributed by atoms with van der Waals surface area (Å²) >= 11 is 0. The molecular weight excluding hydrogens is 273 g/mol. The van der Waals surface area contributed by atoms with Crippen molar-refractivity contribution in [1.82, 2.24) is 0 Å². The summed E-state index contributed by atoms with van der Waals surface area (Å²) in [6.07, 6.45) is -11.9. The van der Waals surface area contributed by atoms with Crippen molar-refractivity contribution in [3.63, 3.8) is 0 Å². The van der Waals surface area contributed by atoms with Crippen molar-refractivity contribution in [3.05, 3.63) is 0 Å². The molecule has 0 amide bonds. The zero-order valence-corrected chi connectivity index (χ0v) is 10.5. The molecule has 0 N–H and O–H groups in total. The van der Waals surface area contributed by atoms with Gasteiger partial charge >= 0.3 is 18.2 Å². The second-order valence-corrected chi connectivity index (χ2v) is 10.4. The van der Waals surface area contributed by atoms with Gasteiger partial charge in [0.25, 0.3) is 0 Å². The van der Waals surface area contributed by atoms with Gasteiger partial charge in [-0.2, -0.15) is 30.7 Å². The van der Waals surface area contributed by atoms with E-state index >= 15 is 0 Å². The maximum atomic E-state index is 12.6. The molecule has 0 saturated carbocycles. The number of rotatable bonds is 5. The molecule has 0 aliphatic rings. The van der Waals surface area contributed by atoms with Gasteiger partial charge < -0.3 is 4.74 Å². The Morgan fingerprint density at radius 1 is 0.882 bits per heavy atom. The lowest BCUT2D eigenvalue weighted by atomic mass is 10.3. The first kappa shape index (κ1) is 16.7. The second-order valence-electron chi connectivity index (χ2n) is 4.75. The van der Waals surface area contributed by atoms with E-state index in [9.17, 15) is 30.7 Å². The monoisotopic (exact) mass is 286 g/mol. The number of ether oxygens (including phenoxy) is 1. The summed E-state index contributed by atoms with van der Waals surface area (Å²) in [5, 5.41) is 0. The van der Waals surface area contributed by atoms with Gasteiger partial charge in [-0.3, -0.25) is 0 Å². The number of alkyl halides is 7. The summed E-state index contributed by atoms with van der Waals surface area (Å²) in [7, 11) is -1.85. The third-order valence-corrected chi connectivity index (χ3v) is 3.56. The molecule has 0 atom stereocenters. The normalized spacial score (nSPS) is 15.2. The number of hydrogen-bond acceptors (Lipinski definition) is 1. The molecule has 17 heavy (non-hydrogen) atoms. The van der Waals surface area contributed by atoms with Gasteiger partial charge in [-0.15, -0.1) is 0 Å². The van der Waals surface area contributed by atoms with Crippen molar-refractivity contribution in [1.29, 1.82) is 0 Å². The Bertz CT molecular complexity index is 256. The standard InChI is InChI=1S/C8H13F7OSi/c1-17(2,3)5-4-16-8(14,15)6(9,10)7(11,12)13/h4-5H2,1-3H3. The molecule has 0 fully saturated rings. The molecule has 0 bridgehead atoms. The van der Waals surface area contributed by atoms with Crippen molar-refractivity contribution in [2.24, 2.45) is 0 Å². The van der Waals surface area contributed by atoms with Crippen molar-refractivity contribution in [2.75, 3.05) is 6.61 Å². The van der Waals surface area contributed by atoms with Crippen LogP contribution in [0, 0.1) is 0 Å². The predicted molar refractivity (Wildman–Crippen MR) is 50.1 cm³/mol. The largest absolute Gasteiger partial charge is 0.462 e. The summed E-state index contributed by atoms with van der Waals surface area (Å²) in [5.74, 6) is -6.18. The number of hydrogen-bond donors (Lipinski definition) is 0. The van der Waals surface area contributed by atoms with Gasteiger partial charge in [0.05, 0.1) is 6.61 Å². The summed E-state index contributed by atoms with van der Waals surface area (Å²) in [5.41, 5.74) is 0. The Hall–Kier alpha value is -0.313. The third kappa shape index (κ3) is 4.45. The van der Waals surface area contributed by atoms with E-state index in [1.165, 1.54) is 0 Å². The molecule has 0 aromatic carbocycles. The highest BCUT2D eigenvalue weighted by Crippen LogP contribution is 2.47. The van der Waals surface area contributed by atoms with E-state index in [2.05, 4.69) is 4.74 Å². The van der Waals surface area contributed by atoms with Crippen LogP contribution in [0.4, 0.5) is 30.7 Å². The number of halogens is 7. The highest BCUT2D eigenvalue weighted by atomic mass is 28.3. The van der Waals surface area contributed by atoms with Gasteiger partial charge in [0.15, 0.2) is 0 Å². The minimum absolute atomic E-state index is 0.0660. The fraction of sp³-hybridized carbons (Fsp3) is 1.00. The van der Waals surface area contributed by atoms with Gasteiger partial charge in [-0.05, 0) is 6.04 Å². The van der Waals surface area contributed by atoms with Crippen LogP contribution in [-0.4, -0.2) is 32.9 Å². The zero-order valence-electron chi connectivity index (χ0n) is 9.47. The van der Waals surface area contributed by atoms with E-state index in [1.54, 1.807) is 19.6 Å². The van der Waals surface area contributed by atoms with Gasteiger partial charge in [0, 0.05) is 8.07 Å². The van der Waals surface area contributed by atoms with Crippen molar-refractivity contribution in [3.8, 4) is 0 Å². The van der Waals surface area contributed by atoms with Crippen LogP contribution in [0.15, 0.2) is 0 Å². The molecule has 1 nitrogen and oxygen atoms in total. The van der Waals surface area contributed by atoms with Gasteiger partial charge in [0.2, 0.25) is 0 Å². The van der Waals surface area contributed by atoms with Crippen LogP contribution in [-0.2, 0) is 4.74 Å². The molecule has 0 saturated heterocycles. The quantitative estimate of drug-likeness (QED) is 0.545. The van der Waals surface area contributed by atoms with E-state index in [0.29, 0.717) is 0 Å². The predicted octanol–water partition coefficient (Wildman–Crippen LogP) is 4.13. The lowest BCUT2D eigenvalue weighted by Crippen LogP contribution is -2.53. The van der Waals surface area contributed by atoms with E-state index in [-0.39, 0.29) is 6.04 Å². The van der Waals surface area contributed by atoms with Crippen LogP contribution < -0.4 is 0 Å². The second kappa shape index (κ2) is 4.75. The molecule has 0 aromatic heterocycles. The highest BCUT2D eigenvalue weighted by molar-refractivity contribution is 6.76. The molecule has 9 heteroatoms. The van der Waals surface area contributed by atoms with Gasteiger partial charge in [-0.25, -0.2) is 0 Å².